The van der Waals surface area contributed by atoms with Crippen molar-refractivity contribution in [2.24, 2.45) is 0 Å². The van der Waals surface area contributed by atoms with Gasteiger partial charge in [-0.1, -0.05) is 36.9 Å². The second-order valence-corrected chi connectivity index (χ2v) is 9.38. The van der Waals surface area contributed by atoms with Crippen molar-refractivity contribution in [1.82, 2.24) is 15.3 Å². The Kier molecular flexibility index (Phi) is 6.83. The summed E-state index contributed by atoms with van der Waals surface area (Å²) in [6.07, 6.45) is 2.78. The summed E-state index contributed by atoms with van der Waals surface area (Å²) in [5, 5.41) is 13.4. The molecule has 0 saturated carbocycles. The molecule has 1 fully saturated rings. The molecule has 1 aliphatic rings. The molecule has 4 aromatic rings. The summed E-state index contributed by atoms with van der Waals surface area (Å²) in [6.45, 7) is 6.58. The van der Waals surface area contributed by atoms with E-state index in [1.807, 2.05) is 73.7 Å². The van der Waals surface area contributed by atoms with Crippen molar-refractivity contribution in [3.8, 4) is 11.1 Å². The number of anilines is 4. The third-order valence-corrected chi connectivity index (χ3v) is 6.64. The molecule has 0 aliphatic carbocycles. The van der Waals surface area contributed by atoms with Gasteiger partial charge in [0.25, 0.3) is 0 Å². The predicted octanol–water partition coefficient (Wildman–Crippen LogP) is 5.67. The zero-order valence-electron chi connectivity index (χ0n) is 20.6. The Morgan fingerprint density at radius 2 is 1.89 bits per heavy atom. The van der Waals surface area contributed by atoms with Gasteiger partial charge in [0.05, 0.1) is 11.1 Å². The van der Waals surface area contributed by atoms with Crippen LogP contribution in [0.3, 0.4) is 0 Å². The molecule has 0 spiro atoms. The minimum Gasteiger partial charge on any atom is -0.377 e. The van der Waals surface area contributed by atoms with E-state index in [1.165, 1.54) is 6.08 Å². The van der Waals surface area contributed by atoms with Gasteiger partial charge in [0, 0.05) is 40.8 Å². The first-order valence-corrected chi connectivity index (χ1v) is 12.2. The standard InChI is InChI=1S/C29H29FN6O/c1-3-26(37)33-23-8-4-6-19(16-23)24-9-5-7-20-17-32-28(35-27(20)24)34-21-10-12-22(13-11-21)36-29(2)14-15-31-18-25(29)30/h3-13,16-17,25,31,36H,1,14-15,18H2,2H3,(H,33,37)(H,32,34,35)/t25-,29-/m0/s1. The molecule has 1 saturated heterocycles. The molecular formula is C29H29FN6O. The zero-order valence-corrected chi connectivity index (χ0v) is 20.6. The number of aromatic nitrogens is 2. The summed E-state index contributed by atoms with van der Waals surface area (Å²) in [5.41, 5.74) is 4.41. The lowest BCUT2D eigenvalue weighted by Gasteiger charge is -2.39. The van der Waals surface area contributed by atoms with Crippen LogP contribution in [-0.4, -0.2) is 40.7 Å². The zero-order chi connectivity index (χ0) is 25.8. The largest absolute Gasteiger partial charge is 0.377 e. The van der Waals surface area contributed by atoms with Gasteiger partial charge in [0.15, 0.2) is 0 Å². The van der Waals surface area contributed by atoms with Crippen molar-refractivity contribution in [2.75, 3.05) is 29.0 Å². The molecular weight excluding hydrogens is 467 g/mol. The number of halogens is 1. The van der Waals surface area contributed by atoms with Gasteiger partial charge in [0.2, 0.25) is 11.9 Å². The van der Waals surface area contributed by atoms with Gasteiger partial charge >= 0.3 is 0 Å². The maximum absolute atomic E-state index is 14.5. The van der Waals surface area contributed by atoms with E-state index in [2.05, 4.69) is 32.8 Å². The average molecular weight is 497 g/mol. The van der Waals surface area contributed by atoms with Gasteiger partial charge < -0.3 is 21.3 Å². The molecule has 2 atom stereocenters. The van der Waals surface area contributed by atoms with Crippen molar-refractivity contribution in [3.63, 3.8) is 0 Å². The van der Waals surface area contributed by atoms with Crippen LogP contribution in [0, 0.1) is 0 Å². The van der Waals surface area contributed by atoms with Crippen LogP contribution in [0.5, 0.6) is 0 Å². The van der Waals surface area contributed by atoms with Crippen LogP contribution in [0.15, 0.2) is 85.6 Å². The SMILES string of the molecule is C=CC(=O)Nc1cccc(-c2cccc3cnc(Nc4ccc(N[C@@]5(C)CCNC[C@@H]5F)cc4)nc23)c1. The Labute approximate surface area is 215 Å². The van der Waals surface area contributed by atoms with E-state index < -0.39 is 11.7 Å². The number of para-hydroxylation sites is 1. The molecule has 1 aromatic heterocycles. The molecule has 37 heavy (non-hydrogen) atoms. The Morgan fingerprint density at radius 1 is 1.11 bits per heavy atom. The second-order valence-electron chi connectivity index (χ2n) is 9.38. The van der Waals surface area contributed by atoms with Crippen LogP contribution in [0.4, 0.5) is 27.4 Å². The number of rotatable bonds is 7. The number of nitrogens with one attached hydrogen (secondary N) is 4. The van der Waals surface area contributed by atoms with Crippen LogP contribution >= 0.6 is 0 Å². The van der Waals surface area contributed by atoms with Gasteiger partial charge in [-0.25, -0.2) is 14.4 Å². The number of carbonyl (C=O) groups excluding carboxylic acids is 1. The van der Waals surface area contributed by atoms with Crippen LogP contribution < -0.4 is 21.3 Å². The van der Waals surface area contributed by atoms with E-state index in [1.54, 1.807) is 6.20 Å². The first-order valence-electron chi connectivity index (χ1n) is 12.2. The van der Waals surface area contributed by atoms with Crippen molar-refractivity contribution >= 4 is 39.8 Å². The van der Waals surface area contributed by atoms with Crippen molar-refractivity contribution < 1.29 is 9.18 Å². The highest BCUT2D eigenvalue weighted by molar-refractivity contribution is 6.00. The Morgan fingerprint density at radius 3 is 2.68 bits per heavy atom. The van der Waals surface area contributed by atoms with Crippen molar-refractivity contribution in [3.05, 3.63) is 85.6 Å². The van der Waals surface area contributed by atoms with Crippen LogP contribution in [0.1, 0.15) is 13.3 Å². The van der Waals surface area contributed by atoms with Crippen molar-refractivity contribution in [2.45, 2.75) is 25.1 Å². The molecule has 4 N–H and O–H groups in total. The third-order valence-electron chi connectivity index (χ3n) is 6.64. The number of benzene rings is 3. The van der Waals surface area contributed by atoms with E-state index in [0.29, 0.717) is 24.6 Å². The highest BCUT2D eigenvalue weighted by Crippen LogP contribution is 2.31. The molecule has 7 nitrogen and oxygen atoms in total. The molecule has 1 amide bonds. The van der Waals surface area contributed by atoms with Crippen LogP contribution in [-0.2, 0) is 4.79 Å². The molecule has 0 bridgehead atoms. The van der Waals surface area contributed by atoms with Gasteiger partial charge in [-0.15, -0.1) is 0 Å². The van der Waals surface area contributed by atoms with E-state index in [0.717, 1.165) is 39.9 Å². The van der Waals surface area contributed by atoms with Crippen LogP contribution in [0.25, 0.3) is 22.0 Å². The summed E-state index contributed by atoms with van der Waals surface area (Å²) >= 11 is 0. The highest BCUT2D eigenvalue weighted by Gasteiger charge is 2.36. The van der Waals surface area contributed by atoms with Crippen molar-refractivity contribution in [1.29, 1.82) is 0 Å². The predicted molar refractivity (Wildman–Crippen MR) is 148 cm³/mol. The fourth-order valence-electron chi connectivity index (χ4n) is 4.50. The molecule has 1 aliphatic heterocycles. The molecule has 5 rings (SSSR count). The summed E-state index contributed by atoms with van der Waals surface area (Å²) in [6, 6.07) is 21.2. The average Bonchev–Trinajstić information content (AvgIpc) is 2.91. The molecule has 2 heterocycles. The number of amides is 1. The van der Waals surface area contributed by atoms with Gasteiger partial charge in [-0.3, -0.25) is 4.79 Å². The number of hydrogen-bond acceptors (Lipinski definition) is 6. The highest BCUT2D eigenvalue weighted by atomic mass is 19.1. The smallest absolute Gasteiger partial charge is 0.247 e. The minimum absolute atomic E-state index is 0.264. The Balaban J connectivity index is 1.37. The molecule has 0 unspecified atom stereocenters. The van der Waals surface area contributed by atoms with Gasteiger partial charge in [0.1, 0.15) is 6.17 Å². The lowest BCUT2D eigenvalue weighted by Crippen LogP contribution is -2.54. The number of nitrogens with zero attached hydrogens (tertiary/aromatic N) is 2. The lowest BCUT2D eigenvalue weighted by molar-refractivity contribution is -0.111. The fraction of sp³-hybridized carbons (Fsp3) is 0.207. The monoisotopic (exact) mass is 496 g/mol. The molecule has 8 heteroatoms. The number of alkyl halides is 1. The van der Waals surface area contributed by atoms with E-state index in [-0.39, 0.29) is 5.91 Å². The number of hydrogen-bond donors (Lipinski definition) is 4. The quantitative estimate of drug-likeness (QED) is 0.247. The number of carbonyl (C=O) groups is 1. The maximum atomic E-state index is 14.5. The summed E-state index contributed by atoms with van der Waals surface area (Å²) in [4.78, 5) is 21.0. The summed E-state index contributed by atoms with van der Waals surface area (Å²) < 4.78 is 14.5. The minimum atomic E-state index is -0.960. The topological polar surface area (TPSA) is 91.0 Å². The number of piperidine rings is 1. The lowest BCUT2D eigenvalue weighted by atomic mass is 9.88. The Hall–Kier alpha value is -4.30. The maximum Gasteiger partial charge on any atom is 0.247 e. The molecule has 3 aromatic carbocycles. The first-order chi connectivity index (χ1) is 17.9. The summed E-state index contributed by atoms with van der Waals surface area (Å²) in [5.74, 6) is 0.199. The van der Waals surface area contributed by atoms with E-state index >= 15 is 0 Å². The summed E-state index contributed by atoms with van der Waals surface area (Å²) in [7, 11) is 0. The van der Waals surface area contributed by atoms with E-state index in [9.17, 15) is 9.18 Å². The normalized spacial score (nSPS) is 19.2. The van der Waals surface area contributed by atoms with Crippen LogP contribution in [0.2, 0.25) is 0 Å². The molecule has 188 valence electrons. The van der Waals surface area contributed by atoms with Gasteiger partial charge in [-0.2, -0.15) is 0 Å². The second kappa shape index (κ2) is 10.4. The number of fused-ring (bicyclic) bond motifs is 1. The first kappa shape index (κ1) is 24.4. The van der Waals surface area contributed by atoms with E-state index in [4.69, 9.17) is 4.98 Å². The Bertz CT molecular complexity index is 1440. The molecule has 0 radical (unpaired) electrons. The fourth-order valence-corrected chi connectivity index (χ4v) is 4.50. The third kappa shape index (κ3) is 5.44. The van der Waals surface area contributed by atoms with Gasteiger partial charge in [-0.05, 0) is 67.9 Å².